The van der Waals surface area contributed by atoms with Crippen molar-refractivity contribution in [1.29, 1.82) is 0 Å². The Balaban J connectivity index is 2.21. The molecule has 0 bridgehead atoms. The zero-order valence-electron chi connectivity index (χ0n) is 10.3. The minimum atomic E-state index is -0.274. The number of nitrogens with zero attached hydrogens (tertiary/aromatic N) is 1. The molecule has 1 saturated heterocycles. The minimum Gasteiger partial charge on any atom is -0.368 e. The van der Waals surface area contributed by atoms with E-state index in [1.54, 1.807) is 6.07 Å². The first kappa shape index (κ1) is 12.7. The van der Waals surface area contributed by atoms with Crippen molar-refractivity contribution in [3.63, 3.8) is 0 Å². The molecule has 2 nitrogen and oxygen atoms in total. The van der Waals surface area contributed by atoms with Crippen molar-refractivity contribution >= 4 is 17.3 Å². The Morgan fingerprint density at radius 3 is 2.88 bits per heavy atom. The van der Waals surface area contributed by atoms with Crippen molar-refractivity contribution in [2.24, 2.45) is 0 Å². The quantitative estimate of drug-likeness (QED) is 0.875. The van der Waals surface area contributed by atoms with E-state index in [1.165, 1.54) is 6.07 Å². The van der Waals surface area contributed by atoms with Crippen molar-refractivity contribution in [3.8, 4) is 0 Å². The van der Waals surface area contributed by atoms with Gasteiger partial charge in [0, 0.05) is 35.9 Å². The van der Waals surface area contributed by atoms with Gasteiger partial charge in [0.2, 0.25) is 0 Å². The summed E-state index contributed by atoms with van der Waals surface area (Å²) in [4.78, 5) is 2.19. The topological polar surface area (TPSA) is 15.3 Å². The van der Waals surface area contributed by atoms with E-state index in [2.05, 4.69) is 24.1 Å². The number of nitrogens with one attached hydrogen (secondary N) is 1. The van der Waals surface area contributed by atoms with Gasteiger partial charge in [-0.3, -0.25) is 0 Å². The van der Waals surface area contributed by atoms with Crippen LogP contribution in [-0.2, 0) is 0 Å². The maximum Gasteiger partial charge on any atom is 0.126 e. The van der Waals surface area contributed by atoms with Gasteiger partial charge in [-0.2, -0.15) is 0 Å². The molecule has 1 aliphatic heterocycles. The first-order valence-electron chi connectivity index (χ1n) is 5.98. The third-order valence-electron chi connectivity index (χ3n) is 3.47. The van der Waals surface area contributed by atoms with Crippen LogP contribution >= 0.6 is 11.6 Å². The normalized spacial score (nSPS) is 25.1. The summed E-state index contributed by atoms with van der Waals surface area (Å²) in [6.07, 6.45) is 1.05. The predicted octanol–water partition coefficient (Wildman–Crippen LogP) is 3.06. The Bertz CT molecular complexity index is 390. The molecule has 0 aliphatic carbocycles. The maximum absolute atomic E-state index is 13.3. The average Bonchev–Trinajstić information content (AvgIpc) is 2.28. The molecule has 1 aliphatic rings. The van der Waals surface area contributed by atoms with Crippen LogP contribution in [0.3, 0.4) is 0 Å². The van der Waals surface area contributed by atoms with Crippen LogP contribution in [0.5, 0.6) is 0 Å². The van der Waals surface area contributed by atoms with Gasteiger partial charge in [-0.15, -0.1) is 0 Å². The number of benzene rings is 1. The fraction of sp³-hybridized carbons (Fsp3) is 0.538. The molecule has 0 saturated carbocycles. The van der Waals surface area contributed by atoms with Crippen LogP contribution in [0.15, 0.2) is 18.2 Å². The first-order chi connectivity index (χ1) is 8.02. The third kappa shape index (κ3) is 2.90. The summed E-state index contributed by atoms with van der Waals surface area (Å²) >= 11 is 5.89. The summed E-state index contributed by atoms with van der Waals surface area (Å²) in [7, 11) is 0. The van der Waals surface area contributed by atoms with E-state index in [0.717, 1.165) is 31.7 Å². The largest absolute Gasteiger partial charge is 0.368 e. The Morgan fingerprint density at radius 1 is 1.47 bits per heavy atom. The molecule has 1 aromatic rings. The zero-order valence-corrected chi connectivity index (χ0v) is 11.0. The second-order valence-corrected chi connectivity index (χ2v) is 5.33. The first-order valence-corrected chi connectivity index (χ1v) is 6.36. The molecular weight excluding hydrogens is 239 g/mol. The molecule has 2 rings (SSSR count). The molecule has 1 N–H and O–H groups in total. The van der Waals surface area contributed by atoms with Gasteiger partial charge in [0.1, 0.15) is 5.82 Å². The number of piperazine rings is 1. The molecule has 0 radical (unpaired) electrons. The van der Waals surface area contributed by atoms with Crippen LogP contribution in [0.4, 0.5) is 10.1 Å². The molecule has 4 heteroatoms. The number of rotatable bonds is 2. The molecule has 1 aromatic carbocycles. The van der Waals surface area contributed by atoms with E-state index in [4.69, 9.17) is 11.6 Å². The van der Waals surface area contributed by atoms with Crippen LogP contribution in [0, 0.1) is 5.82 Å². The lowest BCUT2D eigenvalue weighted by Gasteiger charge is -2.42. The Hall–Kier alpha value is -0.800. The summed E-state index contributed by atoms with van der Waals surface area (Å²) in [5, 5.41) is 3.96. The second-order valence-electron chi connectivity index (χ2n) is 4.89. The van der Waals surface area contributed by atoms with E-state index >= 15 is 0 Å². The lowest BCUT2D eigenvalue weighted by atomic mass is 9.95. The lowest BCUT2D eigenvalue weighted by Crippen LogP contribution is -2.58. The highest BCUT2D eigenvalue weighted by Gasteiger charge is 2.28. The van der Waals surface area contributed by atoms with Crippen LogP contribution < -0.4 is 10.2 Å². The monoisotopic (exact) mass is 256 g/mol. The number of hydrogen-bond acceptors (Lipinski definition) is 2. The Kier molecular flexibility index (Phi) is 3.59. The molecule has 0 aromatic heterocycles. The summed E-state index contributed by atoms with van der Waals surface area (Å²) < 4.78 is 13.3. The highest BCUT2D eigenvalue weighted by Crippen LogP contribution is 2.25. The molecule has 0 spiro atoms. The summed E-state index contributed by atoms with van der Waals surface area (Å²) in [5.74, 6) is -0.274. The third-order valence-corrected chi connectivity index (χ3v) is 3.68. The molecule has 1 unspecified atom stereocenters. The van der Waals surface area contributed by atoms with E-state index in [9.17, 15) is 4.39 Å². The van der Waals surface area contributed by atoms with E-state index in [1.807, 2.05) is 6.07 Å². The summed E-state index contributed by atoms with van der Waals surface area (Å²) in [6.45, 7) is 7.03. The fourth-order valence-electron chi connectivity index (χ4n) is 2.23. The van der Waals surface area contributed by atoms with Crippen LogP contribution in [-0.4, -0.2) is 25.2 Å². The molecule has 94 valence electrons. The molecular formula is C13H18ClFN2. The van der Waals surface area contributed by atoms with Crippen molar-refractivity contribution in [2.75, 3.05) is 24.5 Å². The number of halogens is 2. The van der Waals surface area contributed by atoms with Gasteiger partial charge in [0.15, 0.2) is 0 Å². The van der Waals surface area contributed by atoms with Gasteiger partial charge in [-0.05, 0) is 31.5 Å². The van der Waals surface area contributed by atoms with Crippen LogP contribution in [0.25, 0.3) is 0 Å². The highest BCUT2D eigenvalue weighted by atomic mass is 35.5. The highest BCUT2D eigenvalue weighted by molar-refractivity contribution is 6.30. The van der Waals surface area contributed by atoms with Crippen molar-refractivity contribution in [2.45, 2.75) is 25.8 Å². The maximum atomic E-state index is 13.3. The van der Waals surface area contributed by atoms with Crippen molar-refractivity contribution in [3.05, 3.63) is 29.0 Å². The number of hydrogen-bond donors (Lipinski definition) is 1. The van der Waals surface area contributed by atoms with Crippen molar-refractivity contribution < 1.29 is 4.39 Å². The Labute approximate surface area is 107 Å². The second kappa shape index (κ2) is 4.83. The predicted molar refractivity (Wildman–Crippen MR) is 70.3 cm³/mol. The van der Waals surface area contributed by atoms with Crippen LogP contribution in [0.2, 0.25) is 5.02 Å². The molecule has 1 atom stereocenters. The molecule has 0 amide bonds. The lowest BCUT2D eigenvalue weighted by molar-refractivity contribution is 0.314. The summed E-state index contributed by atoms with van der Waals surface area (Å²) in [6, 6.07) is 4.71. The average molecular weight is 257 g/mol. The fourth-order valence-corrected chi connectivity index (χ4v) is 2.44. The van der Waals surface area contributed by atoms with Gasteiger partial charge in [-0.25, -0.2) is 4.39 Å². The SMILES string of the molecule is CCC1(C)CN(c2cc(F)cc(Cl)c2)CCN1. The van der Waals surface area contributed by atoms with Gasteiger partial charge in [0.25, 0.3) is 0 Å². The standard InChI is InChI=1S/C13H18ClFN2/c1-3-13(2)9-17(5-4-16-13)12-7-10(14)6-11(15)8-12/h6-8,16H,3-5,9H2,1-2H3. The van der Waals surface area contributed by atoms with Gasteiger partial charge in [-0.1, -0.05) is 18.5 Å². The van der Waals surface area contributed by atoms with Gasteiger partial charge >= 0.3 is 0 Å². The summed E-state index contributed by atoms with van der Waals surface area (Å²) in [5.41, 5.74) is 0.966. The smallest absolute Gasteiger partial charge is 0.126 e. The van der Waals surface area contributed by atoms with Gasteiger partial charge in [0.05, 0.1) is 0 Å². The van der Waals surface area contributed by atoms with E-state index in [0.29, 0.717) is 5.02 Å². The minimum absolute atomic E-state index is 0.0943. The van der Waals surface area contributed by atoms with E-state index in [-0.39, 0.29) is 11.4 Å². The van der Waals surface area contributed by atoms with Crippen LogP contribution in [0.1, 0.15) is 20.3 Å². The molecule has 17 heavy (non-hydrogen) atoms. The number of anilines is 1. The van der Waals surface area contributed by atoms with Crippen molar-refractivity contribution in [1.82, 2.24) is 5.32 Å². The van der Waals surface area contributed by atoms with E-state index < -0.39 is 0 Å². The van der Waals surface area contributed by atoms with Gasteiger partial charge < -0.3 is 10.2 Å². The zero-order chi connectivity index (χ0) is 12.5. The molecule has 1 heterocycles. The Morgan fingerprint density at radius 2 is 2.24 bits per heavy atom. The molecule has 1 fully saturated rings.